The highest BCUT2D eigenvalue weighted by Crippen LogP contribution is 2.24. The van der Waals surface area contributed by atoms with Crippen molar-refractivity contribution in [2.24, 2.45) is 0 Å². The molecule has 2 rings (SSSR count). The lowest BCUT2D eigenvalue weighted by molar-refractivity contribution is 0.0828. The molecule has 9 heteroatoms. The fraction of sp³-hybridized carbons (Fsp3) is 0.647. The Bertz CT molecular complexity index is 775. The lowest BCUT2D eigenvalue weighted by Gasteiger charge is -2.23. The van der Waals surface area contributed by atoms with Gasteiger partial charge in [0.25, 0.3) is 16.1 Å². The lowest BCUT2D eigenvalue weighted by atomic mass is 10.0. The van der Waals surface area contributed by atoms with Gasteiger partial charge in [0.05, 0.1) is 5.56 Å². The summed E-state index contributed by atoms with van der Waals surface area (Å²) in [6, 6.07) is 1.99. The average Bonchev–Trinajstić information content (AvgIpc) is 2.75. The van der Waals surface area contributed by atoms with Crippen molar-refractivity contribution in [3.05, 3.63) is 22.9 Å². The van der Waals surface area contributed by atoms with E-state index in [2.05, 4.69) is 10.3 Å². The van der Waals surface area contributed by atoms with Crippen LogP contribution in [0.5, 0.6) is 0 Å². The average molecular weight is 384 g/mol. The molecule has 8 nitrogen and oxygen atoms in total. The fourth-order valence-electron chi connectivity index (χ4n) is 2.86. The minimum atomic E-state index is -3.46. The van der Waals surface area contributed by atoms with Crippen LogP contribution in [-0.4, -0.2) is 80.1 Å². The van der Waals surface area contributed by atoms with Gasteiger partial charge in [-0.2, -0.15) is 17.0 Å². The van der Waals surface area contributed by atoms with E-state index in [1.165, 1.54) is 27.6 Å². The zero-order chi connectivity index (χ0) is 19.6. The minimum Gasteiger partial charge on any atom is -0.367 e. The number of hydrogen-bond donors (Lipinski definition) is 1. The summed E-state index contributed by atoms with van der Waals surface area (Å²) in [7, 11) is 3.02. The van der Waals surface area contributed by atoms with E-state index < -0.39 is 10.2 Å². The van der Waals surface area contributed by atoms with Gasteiger partial charge >= 0.3 is 0 Å². The molecular formula is C17H29N5O3S. The van der Waals surface area contributed by atoms with Crippen molar-refractivity contribution < 1.29 is 13.2 Å². The summed E-state index contributed by atoms with van der Waals surface area (Å²) in [6.07, 6.45) is 1.05. The molecule has 0 aromatic carbocycles. The molecule has 0 spiro atoms. The van der Waals surface area contributed by atoms with Gasteiger partial charge in [-0.25, -0.2) is 4.98 Å². The summed E-state index contributed by atoms with van der Waals surface area (Å²) < 4.78 is 27.5. The molecule has 2 heterocycles. The van der Waals surface area contributed by atoms with Crippen molar-refractivity contribution >= 4 is 21.9 Å². The number of carbonyl (C=O) groups is 1. The van der Waals surface area contributed by atoms with Crippen LogP contribution >= 0.6 is 0 Å². The Kier molecular flexibility index (Phi) is 6.25. The molecule has 0 atom stereocenters. The maximum atomic E-state index is 12.6. The summed E-state index contributed by atoms with van der Waals surface area (Å²) in [5.41, 5.74) is 2.30. The van der Waals surface area contributed by atoms with E-state index >= 15 is 0 Å². The number of aromatic nitrogens is 1. The number of nitrogens with one attached hydrogen (secondary N) is 1. The Labute approximate surface area is 156 Å². The highest BCUT2D eigenvalue weighted by atomic mass is 32.2. The molecule has 146 valence electrons. The summed E-state index contributed by atoms with van der Waals surface area (Å²) in [5.74, 6) is 0.437. The van der Waals surface area contributed by atoms with Gasteiger partial charge in [0.2, 0.25) is 0 Å². The molecule has 0 saturated carbocycles. The standard InChI is InChI=1S/C17H29N5O3S/c1-12(2)18-16-14(17(23)20(3)4)11-13-7-9-22(10-8-15(13)19-16)26(24,25)21(5)6/h11-12H,7-10H2,1-6H3,(H,18,19). The molecule has 1 amide bonds. The predicted molar refractivity (Wildman–Crippen MR) is 103 cm³/mol. The molecule has 1 aromatic rings. The number of fused-ring (bicyclic) bond motifs is 1. The van der Waals surface area contributed by atoms with E-state index in [-0.39, 0.29) is 11.9 Å². The molecule has 0 saturated heterocycles. The number of hydrogen-bond acceptors (Lipinski definition) is 5. The molecule has 1 aromatic heterocycles. The van der Waals surface area contributed by atoms with Gasteiger partial charge in [0.1, 0.15) is 5.82 Å². The highest BCUT2D eigenvalue weighted by molar-refractivity contribution is 7.86. The van der Waals surface area contributed by atoms with Crippen LogP contribution in [0, 0.1) is 0 Å². The Morgan fingerprint density at radius 1 is 1.19 bits per heavy atom. The van der Waals surface area contributed by atoms with Gasteiger partial charge in [-0.15, -0.1) is 0 Å². The second-order valence-electron chi connectivity index (χ2n) is 7.18. The van der Waals surface area contributed by atoms with Gasteiger partial charge in [0, 0.05) is 59.4 Å². The van der Waals surface area contributed by atoms with Crippen LogP contribution in [-0.2, 0) is 23.1 Å². The monoisotopic (exact) mass is 383 g/mol. The van der Waals surface area contributed by atoms with Gasteiger partial charge < -0.3 is 10.2 Å². The molecule has 26 heavy (non-hydrogen) atoms. The van der Waals surface area contributed by atoms with Crippen molar-refractivity contribution in [1.29, 1.82) is 0 Å². The van der Waals surface area contributed by atoms with Gasteiger partial charge in [-0.3, -0.25) is 4.79 Å². The van der Waals surface area contributed by atoms with E-state index in [1.54, 1.807) is 14.1 Å². The van der Waals surface area contributed by atoms with Crippen LogP contribution in [0.15, 0.2) is 6.07 Å². The van der Waals surface area contributed by atoms with E-state index in [0.717, 1.165) is 11.3 Å². The smallest absolute Gasteiger partial charge is 0.281 e. The normalized spacial score (nSPS) is 15.7. The van der Waals surface area contributed by atoms with Crippen molar-refractivity contribution in [2.75, 3.05) is 46.6 Å². The summed E-state index contributed by atoms with van der Waals surface area (Å²) in [6.45, 7) is 4.73. The first-order valence-electron chi connectivity index (χ1n) is 8.72. The second-order valence-corrected chi connectivity index (χ2v) is 9.32. The Morgan fingerprint density at radius 3 is 2.35 bits per heavy atom. The minimum absolute atomic E-state index is 0.120. The first kappa shape index (κ1) is 20.6. The summed E-state index contributed by atoms with van der Waals surface area (Å²) in [4.78, 5) is 18.8. The molecule has 0 fully saturated rings. The van der Waals surface area contributed by atoms with Crippen molar-refractivity contribution in [1.82, 2.24) is 18.5 Å². The van der Waals surface area contributed by atoms with Crippen LogP contribution in [0.3, 0.4) is 0 Å². The first-order chi connectivity index (χ1) is 12.0. The van der Waals surface area contributed by atoms with Crippen molar-refractivity contribution in [3.63, 3.8) is 0 Å². The van der Waals surface area contributed by atoms with E-state index in [9.17, 15) is 13.2 Å². The Morgan fingerprint density at radius 2 is 1.81 bits per heavy atom. The van der Waals surface area contributed by atoms with Crippen molar-refractivity contribution in [2.45, 2.75) is 32.7 Å². The zero-order valence-electron chi connectivity index (χ0n) is 16.4. The van der Waals surface area contributed by atoms with E-state index in [0.29, 0.717) is 37.3 Å². The number of pyridine rings is 1. The Balaban J connectivity index is 2.41. The van der Waals surface area contributed by atoms with Gasteiger partial charge in [0.15, 0.2) is 0 Å². The van der Waals surface area contributed by atoms with Gasteiger partial charge in [-0.1, -0.05) is 0 Å². The lowest BCUT2D eigenvalue weighted by Crippen LogP contribution is -2.41. The summed E-state index contributed by atoms with van der Waals surface area (Å²) in [5, 5.41) is 3.24. The predicted octanol–water partition coefficient (Wildman–Crippen LogP) is 0.811. The molecule has 1 aliphatic rings. The molecule has 0 unspecified atom stereocenters. The second kappa shape index (κ2) is 7.89. The number of anilines is 1. The maximum absolute atomic E-state index is 12.6. The highest BCUT2D eigenvalue weighted by Gasteiger charge is 2.28. The van der Waals surface area contributed by atoms with Crippen molar-refractivity contribution in [3.8, 4) is 0 Å². The fourth-order valence-corrected chi connectivity index (χ4v) is 3.97. The van der Waals surface area contributed by atoms with E-state index in [4.69, 9.17) is 0 Å². The third kappa shape index (κ3) is 4.33. The van der Waals surface area contributed by atoms with Crippen LogP contribution in [0.1, 0.15) is 35.5 Å². The van der Waals surface area contributed by atoms with Crippen LogP contribution in [0.4, 0.5) is 5.82 Å². The maximum Gasteiger partial charge on any atom is 0.281 e. The number of rotatable bonds is 5. The van der Waals surface area contributed by atoms with Crippen LogP contribution < -0.4 is 5.32 Å². The molecule has 1 aliphatic heterocycles. The number of carbonyl (C=O) groups excluding carboxylic acids is 1. The molecule has 0 radical (unpaired) electrons. The van der Waals surface area contributed by atoms with Gasteiger partial charge in [-0.05, 0) is 31.9 Å². The van der Waals surface area contributed by atoms with Crippen LogP contribution in [0.25, 0.3) is 0 Å². The quantitative estimate of drug-likeness (QED) is 0.813. The zero-order valence-corrected chi connectivity index (χ0v) is 17.2. The number of nitrogens with zero attached hydrogens (tertiary/aromatic N) is 4. The third-order valence-corrected chi connectivity index (χ3v) is 6.21. The third-order valence-electron chi connectivity index (χ3n) is 4.27. The van der Waals surface area contributed by atoms with Crippen LogP contribution in [0.2, 0.25) is 0 Å². The summed E-state index contributed by atoms with van der Waals surface area (Å²) >= 11 is 0. The Hall–Kier alpha value is -1.71. The molecule has 0 bridgehead atoms. The largest absolute Gasteiger partial charge is 0.367 e. The molecular weight excluding hydrogens is 354 g/mol. The molecule has 1 N–H and O–H groups in total. The molecule has 0 aliphatic carbocycles. The SMILES string of the molecule is CC(C)Nc1nc2c(cc1C(=O)N(C)C)CCN(S(=O)(=O)N(C)C)CC2. The number of amides is 1. The van der Waals surface area contributed by atoms with E-state index in [1.807, 2.05) is 19.9 Å². The topological polar surface area (TPSA) is 85.9 Å². The first-order valence-corrected chi connectivity index (χ1v) is 10.1.